The van der Waals surface area contributed by atoms with Gasteiger partial charge in [-0.1, -0.05) is 13.8 Å². The number of quaternary nitrogens is 1. The fraction of sp³-hybridized carbons (Fsp3) is 0.600. The molecule has 0 spiro atoms. The Morgan fingerprint density at radius 2 is 1.73 bits per heavy atom. The summed E-state index contributed by atoms with van der Waals surface area (Å²) in [6.45, 7) is 10.2. The molecule has 1 fully saturated rings. The lowest BCUT2D eigenvalue weighted by Crippen LogP contribution is -2.44. The molecule has 9 heteroatoms. The standard InChI is InChI=1S/C35H49N3O6/c1-21-22(2)37(30-18-35(4,5)19-31(40)33(21)30)26-11-14-29(34(36)42)25(16-26)15-24-9-12-27(13-10-24)44-32(41)17-28(43-23(3)39)20-38(6,7)8/h11,14,16,24,27-28H,9-10,12-13,15,17-20H2,1-8H3,(H-,36,42)/p+1. The van der Waals surface area contributed by atoms with Gasteiger partial charge < -0.3 is 24.3 Å². The van der Waals surface area contributed by atoms with Gasteiger partial charge in [-0.05, 0) is 93.0 Å². The molecule has 44 heavy (non-hydrogen) atoms. The van der Waals surface area contributed by atoms with Crippen LogP contribution in [0.2, 0.25) is 0 Å². The number of hydrogen-bond acceptors (Lipinski definition) is 6. The van der Waals surface area contributed by atoms with Gasteiger partial charge in [-0.3, -0.25) is 19.2 Å². The van der Waals surface area contributed by atoms with Crippen LogP contribution in [-0.4, -0.2) is 72.6 Å². The molecule has 1 unspecified atom stereocenters. The van der Waals surface area contributed by atoms with E-state index in [0.29, 0.717) is 35.4 Å². The summed E-state index contributed by atoms with van der Waals surface area (Å²) >= 11 is 0. The minimum absolute atomic E-state index is 0.0363. The lowest BCUT2D eigenvalue weighted by molar-refractivity contribution is -0.873. The molecule has 0 aliphatic heterocycles. The summed E-state index contributed by atoms with van der Waals surface area (Å²) in [5.74, 6) is -0.705. The van der Waals surface area contributed by atoms with Gasteiger partial charge in [0.05, 0.1) is 27.6 Å². The second kappa shape index (κ2) is 12.9. The van der Waals surface area contributed by atoms with Crippen LogP contribution < -0.4 is 5.73 Å². The van der Waals surface area contributed by atoms with Crippen molar-refractivity contribution in [2.45, 2.75) is 98.2 Å². The topological polar surface area (TPSA) is 118 Å². The van der Waals surface area contributed by atoms with Crippen molar-refractivity contribution in [3.8, 4) is 5.69 Å². The molecule has 0 bridgehead atoms. The number of amides is 1. The number of ketones is 1. The third kappa shape index (κ3) is 7.97. The molecule has 1 atom stereocenters. The number of carbonyl (C=O) groups is 4. The average Bonchev–Trinajstić information content (AvgIpc) is 3.12. The molecule has 0 saturated heterocycles. The van der Waals surface area contributed by atoms with E-state index in [1.807, 2.05) is 40.2 Å². The van der Waals surface area contributed by atoms with Crippen LogP contribution in [0.4, 0.5) is 0 Å². The number of esters is 2. The number of ether oxygens (including phenoxy) is 2. The quantitative estimate of drug-likeness (QED) is 0.299. The maximum Gasteiger partial charge on any atom is 0.310 e. The minimum atomic E-state index is -0.529. The molecule has 0 radical (unpaired) electrons. The number of aromatic nitrogens is 1. The van der Waals surface area contributed by atoms with Crippen LogP contribution in [0.15, 0.2) is 18.2 Å². The Labute approximate surface area is 261 Å². The van der Waals surface area contributed by atoms with Gasteiger partial charge in [-0.15, -0.1) is 0 Å². The summed E-state index contributed by atoms with van der Waals surface area (Å²) in [5, 5.41) is 0. The van der Waals surface area contributed by atoms with E-state index in [9.17, 15) is 19.2 Å². The smallest absolute Gasteiger partial charge is 0.310 e. The molecule has 1 aromatic heterocycles. The predicted molar refractivity (Wildman–Crippen MR) is 169 cm³/mol. The van der Waals surface area contributed by atoms with Gasteiger partial charge in [-0.25, -0.2) is 0 Å². The van der Waals surface area contributed by atoms with E-state index in [-0.39, 0.29) is 29.7 Å². The highest BCUT2D eigenvalue weighted by molar-refractivity contribution is 6.01. The summed E-state index contributed by atoms with van der Waals surface area (Å²) in [5.41, 5.74) is 12.0. The fourth-order valence-corrected chi connectivity index (χ4v) is 7.11. The Balaban J connectivity index is 1.46. The Morgan fingerprint density at radius 3 is 2.32 bits per heavy atom. The normalized spacial score (nSPS) is 20.5. The second-order valence-corrected chi connectivity index (χ2v) is 14.8. The van der Waals surface area contributed by atoms with E-state index < -0.39 is 18.0 Å². The van der Waals surface area contributed by atoms with Crippen molar-refractivity contribution in [1.29, 1.82) is 0 Å². The van der Waals surface area contributed by atoms with E-state index >= 15 is 0 Å². The van der Waals surface area contributed by atoms with Crippen LogP contribution in [0.5, 0.6) is 0 Å². The van der Waals surface area contributed by atoms with Crippen LogP contribution in [0.1, 0.15) is 103 Å². The molecule has 1 amide bonds. The van der Waals surface area contributed by atoms with E-state index in [4.69, 9.17) is 15.2 Å². The summed E-state index contributed by atoms with van der Waals surface area (Å²) in [7, 11) is 5.95. The summed E-state index contributed by atoms with van der Waals surface area (Å²) in [6.07, 6.45) is 4.53. The minimum Gasteiger partial charge on any atom is -0.462 e. The predicted octanol–water partition coefficient (Wildman–Crippen LogP) is 5.02. The molecule has 2 N–H and O–H groups in total. The summed E-state index contributed by atoms with van der Waals surface area (Å²) < 4.78 is 13.9. The van der Waals surface area contributed by atoms with Crippen LogP contribution in [0.3, 0.4) is 0 Å². The largest absolute Gasteiger partial charge is 0.462 e. The summed E-state index contributed by atoms with van der Waals surface area (Å²) in [6, 6.07) is 5.81. The van der Waals surface area contributed by atoms with Gasteiger partial charge >= 0.3 is 11.9 Å². The van der Waals surface area contributed by atoms with Gasteiger partial charge in [0.25, 0.3) is 0 Å². The number of benzene rings is 1. The highest BCUT2D eigenvalue weighted by atomic mass is 16.6. The maximum absolute atomic E-state index is 13.1. The first kappa shape index (κ1) is 33.4. The van der Waals surface area contributed by atoms with Gasteiger partial charge in [0.15, 0.2) is 11.9 Å². The molecular weight excluding hydrogens is 558 g/mol. The number of fused-ring (bicyclic) bond motifs is 1. The molecule has 240 valence electrons. The van der Waals surface area contributed by atoms with Crippen LogP contribution in [0, 0.1) is 25.2 Å². The fourth-order valence-electron chi connectivity index (χ4n) is 7.11. The Bertz CT molecular complexity index is 1440. The highest BCUT2D eigenvalue weighted by Gasteiger charge is 2.36. The number of carbonyl (C=O) groups excluding carboxylic acids is 4. The number of Topliss-reactive ketones (excluding diaryl/α,β-unsaturated/α-hetero) is 1. The van der Waals surface area contributed by atoms with Gasteiger partial charge in [-0.2, -0.15) is 0 Å². The Kier molecular flexibility index (Phi) is 9.78. The third-order valence-electron chi connectivity index (χ3n) is 9.07. The first-order valence-corrected chi connectivity index (χ1v) is 15.8. The molecule has 4 rings (SSSR count). The van der Waals surface area contributed by atoms with Gasteiger partial charge in [0, 0.05) is 41.5 Å². The number of nitrogens with two attached hydrogens (primary N) is 1. The van der Waals surface area contributed by atoms with Crippen molar-refractivity contribution in [3.05, 3.63) is 51.8 Å². The molecule has 9 nitrogen and oxygen atoms in total. The van der Waals surface area contributed by atoms with Crippen molar-refractivity contribution in [3.63, 3.8) is 0 Å². The monoisotopic (exact) mass is 608 g/mol. The SMILES string of the molecule is CC(=O)OC(CC(=O)OC1CCC(Cc2cc(-n3c(C)c(C)c4c3CC(C)(C)CC4=O)ccc2C(N)=O)CC1)C[N+](C)(C)C. The van der Waals surface area contributed by atoms with Crippen molar-refractivity contribution in [2.75, 3.05) is 27.7 Å². The first-order chi connectivity index (χ1) is 20.4. The van der Waals surface area contributed by atoms with E-state index in [0.717, 1.165) is 65.9 Å². The Hall–Kier alpha value is -3.46. The number of likely N-dealkylation sites (N-methyl/N-ethyl adjacent to an activating group) is 1. The second-order valence-electron chi connectivity index (χ2n) is 14.8. The number of nitrogens with zero attached hydrogens (tertiary/aromatic N) is 2. The zero-order valence-corrected chi connectivity index (χ0v) is 27.7. The Morgan fingerprint density at radius 1 is 1.07 bits per heavy atom. The molecule has 2 aliphatic carbocycles. The lowest BCUT2D eigenvalue weighted by atomic mass is 9.75. The van der Waals surface area contributed by atoms with Crippen molar-refractivity contribution < 1.29 is 33.1 Å². The zero-order chi connectivity index (χ0) is 32.6. The molecule has 2 aromatic rings. The third-order valence-corrected chi connectivity index (χ3v) is 9.07. The van der Waals surface area contributed by atoms with Crippen LogP contribution >= 0.6 is 0 Å². The van der Waals surface area contributed by atoms with Crippen molar-refractivity contribution >= 4 is 23.6 Å². The molecular formula is C35H50N3O6+. The number of rotatable bonds is 10. The molecule has 2 aliphatic rings. The van der Waals surface area contributed by atoms with Gasteiger partial charge in [0.2, 0.25) is 5.91 Å². The van der Waals surface area contributed by atoms with Crippen LogP contribution in [0.25, 0.3) is 5.69 Å². The molecule has 1 aromatic carbocycles. The average molecular weight is 609 g/mol. The van der Waals surface area contributed by atoms with E-state index in [1.165, 1.54) is 6.92 Å². The van der Waals surface area contributed by atoms with Gasteiger partial charge in [0.1, 0.15) is 12.6 Å². The van der Waals surface area contributed by atoms with Crippen molar-refractivity contribution in [2.24, 2.45) is 17.1 Å². The highest BCUT2D eigenvalue weighted by Crippen LogP contribution is 2.40. The van der Waals surface area contributed by atoms with Crippen molar-refractivity contribution in [1.82, 2.24) is 4.57 Å². The number of hydrogen-bond donors (Lipinski definition) is 1. The first-order valence-electron chi connectivity index (χ1n) is 15.8. The summed E-state index contributed by atoms with van der Waals surface area (Å²) in [4.78, 5) is 49.9. The number of primary amides is 1. The van der Waals surface area contributed by atoms with E-state index in [2.05, 4.69) is 31.4 Å². The molecule has 1 saturated carbocycles. The van der Waals surface area contributed by atoms with Crippen LogP contribution in [-0.2, 0) is 31.9 Å². The lowest BCUT2D eigenvalue weighted by Gasteiger charge is -2.31. The zero-order valence-electron chi connectivity index (χ0n) is 27.7. The maximum atomic E-state index is 13.1. The van der Waals surface area contributed by atoms with E-state index in [1.54, 1.807) is 0 Å². The molecule has 1 heterocycles.